The van der Waals surface area contributed by atoms with Gasteiger partial charge in [0.05, 0.1) is 24.4 Å². The van der Waals surface area contributed by atoms with E-state index in [1.165, 1.54) is 12.0 Å². The van der Waals surface area contributed by atoms with Crippen LogP contribution in [0.25, 0.3) is 0 Å². The van der Waals surface area contributed by atoms with Crippen molar-refractivity contribution in [2.45, 2.75) is 33.4 Å². The van der Waals surface area contributed by atoms with Gasteiger partial charge >= 0.3 is 6.61 Å². The van der Waals surface area contributed by atoms with Gasteiger partial charge in [0.15, 0.2) is 17.5 Å². The van der Waals surface area contributed by atoms with Gasteiger partial charge in [-0.25, -0.2) is 4.98 Å². The number of nitrogens with zero attached hydrogens (tertiary/aromatic N) is 2. The Balaban J connectivity index is 1.87. The fourth-order valence-corrected chi connectivity index (χ4v) is 3.39. The maximum atomic E-state index is 12.5. The molecule has 0 aliphatic rings. The third-order valence-corrected chi connectivity index (χ3v) is 4.86. The highest BCUT2D eigenvalue weighted by Crippen LogP contribution is 2.29. The van der Waals surface area contributed by atoms with E-state index in [2.05, 4.69) is 25.3 Å². The first-order valence-electron chi connectivity index (χ1n) is 8.42. The number of aryl methyl sites for hydroxylation is 2. The van der Waals surface area contributed by atoms with Crippen molar-refractivity contribution < 1.29 is 18.3 Å². The number of guanidine groups is 1. The average Bonchev–Trinajstić information content (AvgIpc) is 2.95. The Hall–Kier alpha value is -2.42. The molecule has 1 aromatic carbocycles. The second-order valence-electron chi connectivity index (χ2n) is 5.71. The Morgan fingerprint density at radius 1 is 1.26 bits per heavy atom. The van der Waals surface area contributed by atoms with Crippen molar-refractivity contribution in [1.29, 1.82) is 0 Å². The third kappa shape index (κ3) is 6.35. The number of aliphatic imine (C=N–C) groups is 1. The molecule has 2 N–H and O–H groups in total. The van der Waals surface area contributed by atoms with Crippen LogP contribution in [0.2, 0.25) is 0 Å². The molecule has 148 valence electrons. The minimum Gasteiger partial charge on any atom is -0.493 e. The molecule has 0 amide bonds. The van der Waals surface area contributed by atoms with Gasteiger partial charge in [0.1, 0.15) is 0 Å². The zero-order valence-corrected chi connectivity index (χ0v) is 16.6. The average molecular weight is 398 g/mol. The number of halogens is 2. The second kappa shape index (κ2) is 10.1. The molecular formula is C18H24F2N4O2S. The van der Waals surface area contributed by atoms with Crippen LogP contribution >= 0.6 is 11.3 Å². The van der Waals surface area contributed by atoms with E-state index in [-0.39, 0.29) is 11.5 Å². The summed E-state index contributed by atoms with van der Waals surface area (Å²) in [7, 11) is 3.11. The van der Waals surface area contributed by atoms with E-state index in [0.29, 0.717) is 25.5 Å². The Morgan fingerprint density at radius 3 is 2.63 bits per heavy atom. The number of ether oxygens (including phenoxy) is 2. The first kappa shape index (κ1) is 20.9. The molecule has 1 heterocycles. The van der Waals surface area contributed by atoms with Crippen LogP contribution in [0.1, 0.15) is 21.1 Å². The molecule has 0 saturated carbocycles. The second-order valence-corrected chi connectivity index (χ2v) is 7.00. The lowest BCUT2D eigenvalue weighted by Crippen LogP contribution is -2.37. The van der Waals surface area contributed by atoms with Gasteiger partial charge in [-0.15, -0.1) is 11.3 Å². The summed E-state index contributed by atoms with van der Waals surface area (Å²) in [5.41, 5.74) is 1.87. The number of nitrogens with one attached hydrogen (secondary N) is 2. The summed E-state index contributed by atoms with van der Waals surface area (Å²) in [5.74, 6) is 0.973. The van der Waals surface area contributed by atoms with Crippen LogP contribution in [0.5, 0.6) is 11.5 Å². The van der Waals surface area contributed by atoms with Crippen LogP contribution in [0.3, 0.4) is 0 Å². The van der Waals surface area contributed by atoms with Gasteiger partial charge in [0.25, 0.3) is 0 Å². The molecule has 0 aliphatic heterocycles. The van der Waals surface area contributed by atoms with Gasteiger partial charge in [-0.1, -0.05) is 6.07 Å². The number of rotatable bonds is 8. The molecule has 27 heavy (non-hydrogen) atoms. The fourth-order valence-electron chi connectivity index (χ4n) is 2.51. The van der Waals surface area contributed by atoms with Crippen molar-refractivity contribution in [1.82, 2.24) is 15.6 Å². The van der Waals surface area contributed by atoms with Crippen molar-refractivity contribution >= 4 is 17.3 Å². The zero-order chi connectivity index (χ0) is 19.8. The standard InChI is InChI=1S/C18H24F2N4O2S/c1-11-16(27-12(2)24-11)10-23-18(21-3)22-8-7-13-5-6-14(25-4)15(9-13)26-17(19)20/h5-6,9,17H,7-8,10H2,1-4H3,(H2,21,22,23). The minimum atomic E-state index is -2.89. The summed E-state index contributed by atoms with van der Waals surface area (Å²) in [4.78, 5) is 9.76. The van der Waals surface area contributed by atoms with Crippen LogP contribution in [0.4, 0.5) is 8.78 Å². The van der Waals surface area contributed by atoms with E-state index in [9.17, 15) is 8.78 Å². The lowest BCUT2D eigenvalue weighted by atomic mass is 10.1. The first-order chi connectivity index (χ1) is 12.9. The lowest BCUT2D eigenvalue weighted by molar-refractivity contribution is -0.0512. The maximum absolute atomic E-state index is 12.5. The van der Waals surface area contributed by atoms with Crippen LogP contribution in [-0.2, 0) is 13.0 Å². The zero-order valence-electron chi connectivity index (χ0n) is 15.8. The summed E-state index contributed by atoms with van der Waals surface area (Å²) in [6.45, 7) is 2.30. The highest BCUT2D eigenvalue weighted by Gasteiger charge is 2.11. The van der Waals surface area contributed by atoms with Crippen LogP contribution in [-0.4, -0.2) is 38.3 Å². The van der Waals surface area contributed by atoms with Crippen LogP contribution in [0, 0.1) is 13.8 Å². The highest BCUT2D eigenvalue weighted by atomic mass is 32.1. The molecule has 0 unspecified atom stereocenters. The van der Waals surface area contributed by atoms with Gasteiger partial charge in [-0.2, -0.15) is 8.78 Å². The first-order valence-corrected chi connectivity index (χ1v) is 9.23. The van der Waals surface area contributed by atoms with E-state index in [0.717, 1.165) is 16.3 Å². The summed E-state index contributed by atoms with van der Waals surface area (Å²) in [6, 6.07) is 5.00. The molecule has 0 fully saturated rings. The molecule has 9 heteroatoms. The molecule has 2 aromatic rings. The Labute approximate surface area is 161 Å². The maximum Gasteiger partial charge on any atom is 0.387 e. The van der Waals surface area contributed by atoms with Gasteiger partial charge in [-0.05, 0) is 38.0 Å². The number of benzene rings is 1. The number of methoxy groups -OCH3 is 1. The molecule has 0 bridgehead atoms. The summed E-state index contributed by atoms with van der Waals surface area (Å²) < 4.78 is 34.6. The third-order valence-electron chi connectivity index (χ3n) is 3.79. The summed E-state index contributed by atoms with van der Waals surface area (Å²) in [5, 5.41) is 7.49. The molecule has 0 aliphatic carbocycles. The van der Waals surface area contributed by atoms with E-state index in [4.69, 9.17) is 4.74 Å². The van der Waals surface area contributed by atoms with Crippen molar-refractivity contribution in [3.8, 4) is 11.5 Å². The number of hydrogen-bond acceptors (Lipinski definition) is 5. The van der Waals surface area contributed by atoms with Gasteiger partial charge in [0.2, 0.25) is 0 Å². The Kier molecular flexibility index (Phi) is 7.78. The number of thiazole rings is 1. The molecule has 6 nitrogen and oxygen atoms in total. The van der Waals surface area contributed by atoms with Crippen molar-refractivity contribution in [2.24, 2.45) is 4.99 Å². The number of aromatic nitrogens is 1. The lowest BCUT2D eigenvalue weighted by Gasteiger charge is -2.13. The summed E-state index contributed by atoms with van der Waals surface area (Å²) in [6.07, 6.45) is 0.614. The summed E-state index contributed by atoms with van der Waals surface area (Å²) >= 11 is 1.65. The smallest absolute Gasteiger partial charge is 0.387 e. The predicted octanol–water partition coefficient (Wildman–Crippen LogP) is 3.28. The predicted molar refractivity (Wildman–Crippen MR) is 103 cm³/mol. The van der Waals surface area contributed by atoms with Crippen molar-refractivity contribution in [3.05, 3.63) is 39.3 Å². The molecular weight excluding hydrogens is 374 g/mol. The minimum absolute atomic E-state index is 0.0311. The van der Waals surface area contributed by atoms with Gasteiger partial charge in [0, 0.05) is 18.5 Å². The monoisotopic (exact) mass is 398 g/mol. The van der Waals surface area contributed by atoms with Crippen molar-refractivity contribution in [2.75, 3.05) is 20.7 Å². The van der Waals surface area contributed by atoms with Crippen LogP contribution in [0.15, 0.2) is 23.2 Å². The van der Waals surface area contributed by atoms with E-state index >= 15 is 0 Å². The molecule has 0 atom stereocenters. The molecule has 0 radical (unpaired) electrons. The molecule has 2 rings (SSSR count). The Morgan fingerprint density at radius 2 is 2.04 bits per heavy atom. The topological polar surface area (TPSA) is 67.8 Å². The Bertz CT molecular complexity index is 781. The van der Waals surface area contributed by atoms with Crippen molar-refractivity contribution in [3.63, 3.8) is 0 Å². The van der Waals surface area contributed by atoms with E-state index in [1.807, 2.05) is 19.9 Å². The van der Waals surface area contributed by atoms with Gasteiger partial charge in [-0.3, -0.25) is 4.99 Å². The number of alkyl halides is 2. The van der Waals surface area contributed by atoms with Crippen LogP contribution < -0.4 is 20.1 Å². The quantitative estimate of drug-likeness (QED) is 0.528. The van der Waals surface area contributed by atoms with Gasteiger partial charge < -0.3 is 20.1 Å². The normalized spacial score (nSPS) is 11.6. The van der Waals surface area contributed by atoms with E-state index in [1.54, 1.807) is 30.5 Å². The number of hydrogen-bond donors (Lipinski definition) is 2. The fraction of sp³-hybridized carbons (Fsp3) is 0.444. The van der Waals surface area contributed by atoms with E-state index < -0.39 is 6.61 Å². The molecule has 1 aromatic heterocycles. The largest absolute Gasteiger partial charge is 0.493 e. The molecule has 0 spiro atoms. The SMILES string of the molecule is CN=C(NCCc1ccc(OC)c(OC(F)F)c1)NCc1sc(C)nc1C. The molecule has 0 saturated heterocycles. The highest BCUT2D eigenvalue weighted by molar-refractivity contribution is 7.11.